The van der Waals surface area contributed by atoms with Crippen molar-refractivity contribution in [1.82, 2.24) is 9.88 Å². The molecule has 0 aliphatic carbocycles. The molecule has 17 heavy (non-hydrogen) atoms. The van der Waals surface area contributed by atoms with E-state index >= 15 is 0 Å². The van der Waals surface area contributed by atoms with Crippen molar-refractivity contribution >= 4 is 5.82 Å². The van der Waals surface area contributed by atoms with Gasteiger partial charge in [0, 0.05) is 31.4 Å². The highest BCUT2D eigenvalue weighted by atomic mass is 15.3. The molecule has 2 saturated heterocycles. The standard InChI is InChI=1S/C14H21N3/c1-10-6-11(2)15-14(7-10)17-5-4-12-8-16(3)9-13(12)17/h6-7,12-13H,4-5,8-9H2,1-3H3/t12-,13+/m0/s1. The van der Waals surface area contributed by atoms with Crippen molar-refractivity contribution in [2.75, 3.05) is 31.6 Å². The van der Waals surface area contributed by atoms with E-state index in [0.717, 1.165) is 11.6 Å². The van der Waals surface area contributed by atoms with Crippen molar-refractivity contribution < 1.29 is 0 Å². The van der Waals surface area contributed by atoms with Crippen molar-refractivity contribution in [3.63, 3.8) is 0 Å². The molecule has 1 aromatic heterocycles. The molecule has 2 aliphatic heterocycles. The van der Waals surface area contributed by atoms with Gasteiger partial charge in [0.2, 0.25) is 0 Å². The minimum atomic E-state index is 0.689. The van der Waals surface area contributed by atoms with Gasteiger partial charge < -0.3 is 9.80 Å². The monoisotopic (exact) mass is 231 g/mol. The summed E-state index contributed by atoms with van der Waals surface area (Å²) in [5.41, 5.74) is 2.46. The van der Waals surface area contributed by atoms with E-state index in [9.17, 15) is 0 Å². The molecule has 0 aromatic carbocycles. The van der Waals surface area contributed by atoms with E-state index < -0.39 is 0 Å². The molecule has 0 saturated carbocycles. The fourth-order valence-corrected chi connectivity index (χ4v) is 3.42. The van der Waals surface area contributed by atoms with Crippen LogP contribution >= 0.6 is 0 Å². The maximum Gasteiger partial charge on any atom is 0.129 e. The molecule has 1 aromatic rings. The summed E-state index contributed by atoms with van der Waals surface area (Å²) in [6.45, 7) is 7.88. The van der Waals surface area contributed by atoms with Gasteiger partial charge in [-0.1, -0.05) is 0 Å². The molecule has 2 fully saturated rings. The molecule has 0 amide bonds. The van der Waals surface area contributed by atoms with E-state index in [-0.39, 0.29) is 0 Å². The number of hydrogen-bond acceptors (Lipinski definition) is 3. The predicted molar refractivity (Wildman–Crippen MR) is 70.4 cm³/mol. The van der Waals surface area contributed by atoms with Gasteiger partial charge in [0.05, 0.1) is 0 Å². The second-order valence-corrected chi connectivity index (χ2v) is 5.67. The summed E-state index contributed by atoms with van der Waals surface area (Å²) in [5, 5.41) is 0. The molecule has 3 heterocycles. The highest BCUT2D eigenvalue weighted by molar-refractivity contribution is 5.45. The first-order chi connectivity index (χ1) is 8.13. The average molecular weight is 231 g/mol. The Morgan fingerprint density at radius 1 is 1.24 bits per heavy atom. The number of aromatic nitrogens is 1. The predicted octanol–water partition coefficient (Wildman–Crippen LogP) is 1.84. The van der Waals surface area contributed by atoms with Crippen molar-refractivity contribution in [3.8, 4) is 0 Å². The Hall–Kier alpha value is -1.09. The largest absolute Gasteiger partial charge is 0.352 e. The Bertz CT molecular complexity index is 409. The molecule has 3 nitrogen and oxygen atoms in total. The van der Waals surface area contributed by atoms with Gasteiger partial charge in [0.25, 0.3) is 0 Å². The van der Waals surface area contributed by atoms with Crippen LogP contribution in [0.2, 0.25) is 0 Å². The first-order valence-corrected chi connectivity index (χ1v) is 6.54. The van der Waals surface area contributed by atoms with Crippen LogP contribution in [0.5, 0.6) is 0 Å². The number of fused-ring (bicyclic) bond motifs is 1. The van der Waals surface area contributed by atoms with Crippen LogP contribution in [0.1, 0.15) is 17.7 Å². The average Bonchev–Trinajstić information content (AvgIpc) is 2.74. The number of hydrogen-bond donors (Lipinski definition) is 0. The van der Waals surface area contributed by atoms with Crippen LogP contribution in [-0.4, -0.2) is 42.6 Å². The number of rotatable bonds is 1. The van der Waals surface area contributed by atoms with E-state index in [0.29, 0.717) is 6.04 Å². The van der Waals surface area contributed by atoms with E-state index in [1.807, 2.05) is 0 Å². The number of anilines is 1. The van der Waals surface area contributed by atoms with Gasteiger partial charge in [0.15, 0.2) is 0 Å². The number of likely N-dealkylation sites (tertiary alicyclic amines) is 1. The number of likely N-dealkylation sites (N-methyl/N-ethyl adjacent to an activating group) is 1. The van der Waals surface area contributed by atoms with Crippen LogP contribution in [0, 0.1) is 19.8 Å². The van der Waals surface area contributed by atoms with E-state index in [1.54, 1.807) is 0 Å². The Kier molecular flexibility index (Phi) is 2.58. The third-order valence-corrected chi connectivity index (χ3v) is 4.11. The van der Waals surface area contributed by atoms with Crippen LogP contribution in [0.15, 0.2) is 12.1 Å². The van der Waals surface area contributed by atoms with Gasteiger partial charge in [-0.25, -0.2) is 4.98 Å². The Labute approximate surface area is 103 Å². The number of aryl methyl sites for hydroxylation is 2. The summed E-state index contributed by atoms with van der Waals surface area (Å²) < 4.78 is 0. The molecular formula is C14H21N3. The highest BCUT2D eigenvalue weighted by Gasteiger charge is 2.40. The smallest absolute Gasteiger partial charge is 0.129 e. The fourth-order valence-electron chi connectivity index (χ4n) is 3.42. The van der Waals surface area contributed by atoms with Crippen LogP contribution in [0.25, 0.3) is 0 Å². The molecule has 0 spiro atoms. The number of pyridine rings is 1. The summed E-state index contributed by atoms with van der Waals surface area (Å²) >= 11 is 0. The molecule has 2 aliphatic rings. The third-order valence-electron chi connectivity index (χ3n) is 4.11. The zero-order chi connectivity index (χ0) is 12.0. The second kappa shape index (κ2) is 3.98. The Morgan fingerprint density at radius 3 is 2.82 bits per heavy atom. The lowest BCUT2D eigenvalue weighted by Gasteiger charge is -2.25. The van der Waals surface area contributed by atoms with Gasteiger partial charge in [-0.2, -0.15) is 0 Å². The van der Waals surface area contributed by atoms with E-state index in [1.165, 1.54) is 37.4 Å². The zero-order valence-corrected chi connectivity index (χ0v) is 11.0. The fraction of sp³-hybridized carbons (Fsp3) is 0.643. The van der Waals surface area contributed by atoms with E-state index in [2.05, 4.69) is 42.8 Å². The van der Waals surface area contributed by atoms with Crippen LogP contribution < -0.4 is 4.90 Å². The molecular weight excluding hydrogens is 210 g/mol. The minimum Gasteiger partial charge on any atom is -0.352 e. The summed E-state index contributed by atoms with van der Waals surface area (Å²) in [4.78, 5) is 9.68. The Balaban J connectivity index is 1.89. The van der Waals surface area contributed by atoms with E-state index in [4.69, 9.17) is 4.98 Å². The summed E-state index contributed by atoms with van der Waals surface area (Å²) in [6, 6.07) is 5.07. The van der Waals surface area contributed by atoms with Crippen LogP contribution in [-0.2, 0) is 0 Å². The summed E-state index contributed by atoms with van der Waals surface area (Å²) in [6.07, 6.45) is 1.32. The van der Waals surface area contributed by atoms with Crippen molar-refractivity contribution in [3.05, 3.63) is 23.4 Å². The second-order valence-electron chi connectivity index (χ2n) is 5.67. The molecule has 3 heteroatoms. The van der Waals surface area contributed by atoms with Gasteiger partial charge >= 0.3 is 0 Å². The normalized spacial score (nSPS) is 28.8. The minimum absolute atomic E-state index is 0.689. The van der Waals surface area contributed by atoms with Crippen molar-refractivity contribution in [1.29, 1.82) is 0 Å². The summed E-state index contributed by atoms with van der Waals surface area (Å²) in [5.74, 6) is 2.04. The molecule has 0 bridgehead atoms. The maximum atomic E-state index is 4.71. The molecule has 3 rings (SSSR count). The molecule has 92 valence electrons. The first-order valence-electron chi connectivity index (χ1n) is 6.54. The van der Waals surface area contributed by atoms with Gasteiger partial charge in [-0.3, -0.25) is 0 Å². The lowest BCUT2D eigenvalue weighted by molar-refractivity contribution is 0.386. The van der Waals surface area contributed by atoms with Crippen LogP contribution in [0.3, 0.4) is 0 Å². The Morgan fingerprint density at radius 2 is 2.06 bits per heavy atom. The first kappa shape index (κ1) is 11.0. The molecule has 0 unspecified atom stereocenters. The lowest BCUT2D eigenvalue weighted by Crippen LogP contribution is -2.35. The topological polar surface area (TPSA) is 19.4 Å². The maximum absolute atomic E-state index is 4.71. The van der Waals surface area contributed by atoms with Crippen molar-refractivity contribution in [2.45, 2.75) is 26.3 Å². The van der Waals surface area contributed by atoms with Gasteiger partial charge in [-0.15, -0.1) is 0 Å². The van der Waals surface area contributed by atoms with Crippen molar-refractivity contribution in [2.24, 2.45) is 5.92 Å². The third kappa shape index (κ3) is 1.93. The van der Waals surface area contributed by atoms with Crippen LogP contribution in [0.4, 0.5) is 5.82 Å². The lowest BCUT2D eigenvalue weighted by atomic mass is 10.1. The zero-order valence-electron chi connectivity index (χ0n) is 11.0. The SMILES string of the molecule is Cc1cc(C)nc(N2CC[C@H]3CN(C)C[C@H]32)c1. The molecule has 2 atom stereocenters. The highest BCUT2D eigenvalue weighted by Crippen LogP contribution is 2.33. The van der Waals surface area contributed by atoms with Gasteiger partial charge in [0.1, 0.15) is 5.82 Å². The molecule has 0 N–H and O–H groups in total. The van der Waals surface area contributed by atoms with Gasteiger partial charge in [-0.05, 0) is 50.9 Å². The number of nitrogens with zero attached hydrogens (tertiary/aromatic N) is 3. The summed E-state index contributed by atoms with van der Waals surface area (Å²) in [7, 11) is 2.23. The quantitative estimate of drug-likeness (QED) is 0.735. The molecule has 0 radical (unpaired) electrons.